The van der Waals surface area contributed by atoms with E-state index in [-0.39, 0.29) is 23.7 Å². The summed E-state index contributed by atoms with van der Waals surface area (Å²) in [6.45, 7) is 1.73. The molecule has 0 spiro atoms. The van der Waals surface area contributed by atoms with Crippen LogP contribution in [0.25, 0.3) is 11.1 Å². The Labute approximate surface area is 149 Å². The Hall–Kier alpha value is -3.35. The number of amides is 1. The molecule has 3 heterocycles. The maximum atomic E-state index is 13.9. The highest BCUT2D eigenvalue weighted by atomic mass is 19.1. The highest BCUT2D eigenvalue weighted by Gasteiger charge is 2.30. The number of benzene rings is 1. The first-order valence-electron chi connectivity index (χ1n) is 8.16. The lowest BCUT2D eigenvalue weighted by Crippen LogP contribution is -2.37. The summed E-state index contributed by atoms with van der Waals surface area (Å²) in [5, 5.41) is 2.98. The van der Waals surface area contributed by atoms with Crippen LogP contribution in [-0.4, -0.2) is 20.9 Å². The number of nitrogens with two attached hydrogens (primary N) is 1. The number of aromatic nitrogens is 3. The number of rotatable bonds is 2. The van der Waals surface area contributed by atoms with Gasteiger partial charge in [-0.15, -0.1) is 0 Å². The molecule has 130 valence electrons. The summed E-state index contributed by atoms with van der Waals surface area (Å²) >= 11 is 0. The minimum Gasteiger partial charge on any atom is -0.368 e. The second-order valence-electron chi connectivity index (χ2n) is 6.19. The summed E-state index contributed by atoms with van der Waals surface area (Å²) in [7, 11) is 0. The van der Waals surface area contributed by atoms with Crippen LogP contribution in [0.1, 0.15) is 33.4 Å². The number of carbonyl (C=O) groups excluding carboxylic acids is 1. The van der Waals surface area contributed by atoms with E-state index in [2.05, 4.69) is 20.3 Å². The van der Waals surface area contributed by atoms with Crippen molar-refractivity contribution in [3.05, 3.63) is 71.1 Å². The fraction of sp³-hybridized carbons (Fsp3) is 0.158. The molecule has 3 aromatic rings. The molecule has 1 unspecified atom stereocenters. The largest absolute Gasteiger partial charge is 0.368 e. The molecule has 26 heavy (non-hydrogen) atoms. The monoisotopic (exact) mass is 349 g/mol. The molecular formula is C19H16FN5O. The summed E-state index contributed by atoms with van der Waals surface area (Å²) in [6, 6.07) is 7.82. The topological polar surface area (TPSA) is 93.8 Å². The van der Waals surface area contributed by atoms with Gasteiger partial charge in [-0.2, -0.15) is 0 Å². The predicted molar refractivity (Wildman–Crippen MR) is 94.7 cm³/mol. The standard InChI is InChI=1S/C19H16FN5O/c1-10-17-16(25-19(21)23-10)9-15(24-18(17)26)13-3-2-12(20)8-14(13)11-4-6-22-7-5-11/h2-8,15H,9H2,1H3,(H,24,26)(H2,21,23,25). The van der Waals surface area contributed by atoms with Gasteiger partial charge in [0.15, 0.2) is 0 Å². The Balaban J connectivity index is 1.81. The number of nitrogen functional groups attached to an aromatic ring is 1. The number of aryl methyl sites for hydroxylation is 1. The van der Waals surface area contributed by atoms with Crippen LogP contribution in [0.3, 0.4) is 0 Å². The summed E-state index contributed by atoms with van der Waals surface area (Å²) < 4.78 is 13.9. The molecule has 1 aliphatic rings. The summed E-state index contributed by atoms with van der Waals surface area (Å²) in [5.74, 6) is -0.451. The smallest absolute Gasteiger partial charge is 0.255 e. The van der Waals surface area contributed by atoms with E-state index >= 15 is 0 Å². The molecule has 1 aromatic carbocycles. The molecule has 0 saturated carbocycles. The van der Waals surface area contributed by atoms with Crippen LogP contribution in [0.5, 0.6) is 0 Å². The van der Waals surface area contributed by atoms with E-state index in [0.29, 0.717) is 28.9 Å². The SMILES string of the molecule is Cc1nc(N)nc2c1C(=O)NC(c1ccc(F)cc1-c1ccncc1)C2. The second kappa shape index (κ2) is 6.18. The molecule has 0 aliphatic carbocycles. The minimum absolute atomic E-state index is 0.142. The molecular weight excluding hydrogens is 333 g/mol. The first-order valence-corrected chi connectivity index (χ1v) is 8.16. The Bertz CT molecular complexity index is 1010. The first kappa shape index (κ1) is 16.1. The van der Waals surface area contributed by atoms with Crippen molar-refractivity contribution in [2.24, 2.45) is 0 Å². The van der Waals surface area contributed by atoms with Gasteiger partial charge in [-0.25, -0.2) is 14.4 Å². The molecule has 1 aliphatic heterocycles. The van der Waals surface area contributed by atoms with Gasteiger partial charge in [-0.3, -0.25) is 9.78 Å². The van der Waals surface area contributed by atoms with Crippen molar-refractivity contribution in [3.8, 4) is 11.1 Å². The van der Waals surface area contributed by atoms with Gasteiger partial charge in [0.25, 0.3) is 5.91 Å². The lowest BCUT2D eigenvalue weighted by atomic mass is 9.89. The van der Waals surface area contributed by atoms with Crippen LogP contribution < -0.4 is 11.1 Å². The van der Waals surface area contributed by atoms with Gasteiger partial charge >= 0.3 is 0 Å². The molecule has 2 aromatic heterocycles. The van der Waals surface area contributed by atoms with E-state index in [1.54, 1.807) is 37.5 Å². The molecule has 0 fully saturated rings. The highest BCUT2D eigenvalue weighted by molar-refractivity contribution is 5.98. The average Bonchev–Trinajstić information content (AvgIpc) is 2.61. The lowest BCUT2D eigenvalue weighted by molar-refractivity contribution is 0.0922. The Morgan fingerprint density at radius 3 is 2.73 bits per heavy atom. The van der Waals surface area contributed by atoms with E-state index in [0.717, 1.165) is 11.1 Å². The highest BCUT2D eigenvalue weighted by Crippen LogP contribution is 2.33. The number of hydrogen-bond donors (Lipinski definition) is 2. The van der Waals surface area contributed by atoms with Crippen molar-refractivity contribution in [1.29, 1.82) is 0 Å². The van der Waals surface area contributed by atoms with E-state index < -0.39 is 0 Å². The number of hydrogen-bond acceptors (Lipinski definition) is 5. The summed E-state index contributed by atoms with van der Waals surface area (Å²) in [6.07, 6.45) is 3.75. The zero-order valence-electron chi connectivity index (χ0n) is 14.0. The minimum atomic E-state index is -0.342. The van der Waals surface area contributed by atoms with Crippen molar-refractivity contribution in [2.75, 3.05) is 5.73 Å². The van der Waals surface area contributed by atoms with Gasteiger partial charge in [-0.1, -0.05) is 6.07 Å². The molecule has 7 heteroatoms. The molecule has 1 atom stereocenters. The Morgan fingerprint density at radius 1 is 1.19 bits per heavy atom. The number of nitrogens with one attached hydrogen (secondary N) is 1. The normalized spacial score (nSPS) is 16.1. The third-order valence-corrected chi connectivity index (χ3v) is 4.49. The Morgan fingerprint density at radius 2 is 1.96 bits per heavy atom. The van der Waals surface area contributed by atoms with Gasteiger partial charge in [0, 0.05) is 18.8 Å². The second-order valence-corrected chi connectivity index (χ2v) is 6.19. The number of halogens is 1. The van der Waals surface area contributed by atoms with Crippen LogP contribution in [0, 0.1) is 12.7 Å². The zero-order chi connectivity index (χ0) is 18.3. The molecule has 4 rings (SSSR count). The van der Waals surface area contributed by atoms with Crippen molar-refractivity contribution in [2.45, 2.75) is 19.4 Å². The van der Waals surface area contributed by atoms with Crippen LogP contribution in [0.4, 0.5) is 10.3 Å². The lowest BCUT2D eigenvalue weighted by Gasteiger charge is -2.27. The van der Waals surface area contributed by atoms with Crippen molar-refractivity contribution < 1.29 is 9.18 Å². The molecule has 1 amide bonds. The number of anilines is 1. The third-order valence-electron chi connectivity index (χ3n) is 4.49. The van der Waals surface area contributed by atoms with E-state index in [1.165, 1.54) is 12.1 Å². The fourth-order valence-electron chi connectivity index (χ4n) is 3.38. The third kappa shape index (κ3) is 2.77. The van der Waals surface area contributed by atoms with E-state index in [9.17, 15) is 9.18 Å². The number of fused-ring (bicyclic) bond motifs is 1. The van der Waals surface area contributed by atoms with Gasteiger partial charge in [-0.05, 0) is 47.9 Å². The molecule has 0 saturated heterocycles. The fourth-order valence-corrected chi connectivity index (χ4v) is 3.38. The number of pyridine rings is 1. The molecule has 0 radical (unpaired) electrons. The molecule has 6 nitrogen and oxygen atoms in total. The summed E-state index contributed by atoms with van der Waals surface area (Å²) in [5.41, 5.74) is 9.71. The van der Waals surface area contributed by atoms with Crippen LogP contribution in [0.2, 0.25) is 0 Å². The van der Waals surface area contributed by atoms with Gasteiger partial charge in [0.2, 0.25) is 5.95 Å². The maximum Gasteiger partial charge on any atom is 0.255 e. The van der Waals surface area contributed by atoms with E-state index in [4.69, 9.17) is 5.73 Å². The van der Waals surface area contributed by atoms with Crippen molar-refractivity contribution >= 4 is 11.9 Å². The van der Waals surface area contributed by atoms with Crippen molar-refractivity contribution in [3.63, 3.8) is 0 Å². The van der Waals surface area contributed by atoms with Crippen LogP contribution in [0.15, 0.2) is 42.7 Å². The summed E-state index contributed by atoms with van der Waals surface area (Å²) in [4.78, 5) is 24.9. The predicted octanol–water partition coefficient (Wildman–Crippen LogP) is 2.60. The van der Waals surface area contributed by atoms with Crippen molar-refractivity contribution in [1.82, 2.24) is 20.3 Å². The van der Waals surface area contributed by atoms with Gasteiger partial charge in [0.1, 0.15) is 5.82 Å². The Kier molecular flexibility index (Phi) is 3.84. The van der Waals surface area contributed by atoms with Gasteiger partial charge < -0.3 is 11.1 Å². The number of carbonyl (C=O) groups is 1. The van der Waals surface area contributed by atoms with Crippen LogP contribution >= 0.6 is 0 Å². The zero-order valence-corrected chi connectivity index (χ0v) is 14.0. The van der Waals surface area contributed by atoms with Crippen LogP contribution in [-0.2, 0) is 6.42 Å². The number of nitrogens with zero attached hydrogens (tertiary/aromatic N) is 3. The molecule has 3 N–H and O–H groups in total. The first-order chi connectivity index (χ1) is 12.5. The quantitative estimate of drug-likeness (QED) is 0.742. The van der Waals surface area contributed by atoms with E-state index in [1.807, 2.05) is 0 Å². The van der Waals surface area contributed by atoms with Gasteiger partial charge in [0.05, 0.1) is 23.0 Å². The average molecular weight is 349 g/mol. The molecule has 0 bridgehead atoms. The maximum absolute atomic E-state index is 13.9.